The molecule has 150 valence electrons. The van der Waals surface area contributed by atoms with Gasteiger partial charge in [0.1, 0.15) is 0 Å². The summed E-state index contributed by atoms with van der Waals surface area (Å²) in [5.74, 6) is -8.72. The molecule has 0 aromatic carbocycles. The lowest BCUT2D eigenvalue weighted by molar-refractivity contribution is -0.391. The Morgan fingerprint density at radius 2 is 1.20 bits per heavy atom. The Hall–Kier alpha value is -1.41. The molecule has 0 aromatic rings. The molecule has 15 heteroatoms. The van der Waals surface area contributed by atoms with Crippen molar-refractivity contribution in [3.05, 3.63) is 0 Å². The van der Waals surface area contributed by atoms with Crippen LogP contribution < -0.4 is 5.32 Å². The van der Waals surface area contributed by atoms with Crippen molar-refractivity contribution in [1.82, 2.24) is 5.32 Å². The Kier molecular flexibility index (Phi) is 6.67. The summed E-state index contributed by atoms with van der Waals surface area (Å²) in [6.45, 7) is -0.366. The van der Waals surface area contributed by atoms with Gasteiger partial charge in [-0.2, -0.15) is 52.7 Å². The van der Waals surface area contributed by atoms with Gasteiger partial charge in [0.05, 0.1) is 0 Å². The quantitative estimate of drug-likeness (QED) is 0.555. The van der Waals surface area contributed by atoms with Crippen LogP contribution in [-0.4, -0.2) is 42.9 Å². The molecule has 0 aliphatic rings. The molecule has 0 aromatic heterocycles. The molecular formula is C10H9F12NO2. The van der Waals surface area contributed by atoms with Crippen LogP contribution in [0.2, 0.25) is 0 Å². The third-order valence-corrected chi connectivity index (χ3v) is 2.54. The highest BCUT2D eigenvalue weighted by atomic mass is 19.4. The van der Waals surface area contributed by atoms with E-state index in [1.54, 1.807) is 0 Å². The lowest BCUT2D eigenvalue weighted by atomic mass is 10.1. The molecule has 0 aliphatic carbocycles. The fourth-order valence-corrected chi connectivity index (χ4v) is 1.49. The predicted molar refractivity (Wildman–Crippen MR) is 54.8 cm³/mol. The van der Waals surface area contributed by atoms with Gasteiger partial charge < -0.3 is 10.1 Å². The van der Waals surface area contributed by atoms with E-state index in [0.717, 1.165) is 6.92 Å². The van der Waals surface area contributed by atoms with Crippen molar-refractivity contribution in [2.75, 3.05) is 6.61 Å². The van der Waals surface area contributed by atoms with E-state index >= 15 is 0 Å². The van der Waals surface area contributed by atoms with Crippen molar-refractivity contribution in [3.8, 4) is 0 Å². The molecule has 3 nitrogen and oxygen atoms in total. The van der Waals surface area contributed by atoms with Gasteiger partial charge in [-0.1, -0.05) is 6.92 Å². The van der Waals surface area contributed by atoms with Gasteiger partial charge in [0.2, 0.25) is 11.8 Å². The van der Waals surface area contributed by atoms with Crippen LogP contribution in [0.25, 0.3) is 0 Å². The average Bonchev–Trinajstić information content (AvgIpc) is 2.27. The van der Waals surface area contributed by atoms with Crippen LogP contribution in [0.5, 0.6) is 0 Å². The van der Waals surface area contributed by atoms with E-state index in [2.05, 4.69) is 4.74 Å². The average molecular weight is 403 g/mol. The van der Waals surface area contributed by atoms with Gasteiger partial charge >= 0.3 is 30.4 Å². The lowest BCUT2D eigenvalue weighted by Crippen LogP contribution is -2.71. The van der Waals surface area contributed by atoms with Crippen LogP contribution in [0.1, 0.15) is 13.3 Å². The summed E-state index contributed by atoms with van der Waals surface area (Å²) in [7, 11) is 0. The summed E-state index contributed by atoms with van der Waals surface area (Å²) in [6, 6.07) is 0. The fourth-order valence-electron chi connectivity index (χ4n) is 1.49. The predicted octanol–water partition coefficient (Wildman–Crippen LogP) is 4.09. The Bertz CT molecular complexity index is 432. The van der Waals surface area contributed by atoms with E-state index in [9.17, 15) is 57.5 Å². The van der Waals surface area contributed by atoms with Crippen LogP contribution >= 0.6 is 0 Å². The second-order valence-corrected chi connectivity index (χ2v) is 4.53. The molecule has 0 saturated heterocycles. The summed E-state index contributed by atoms with van der Waals surface area (Å²) >= 11 is 0. The van der Waals surface area contributed by atoms with E-state index in [1.807, 2.05) is 0 Å². The first kappa shape index (κ1) is 23.6. The highest BCUT2D eigenvalue weighted by Gasteiger charge is 2.75. The monoisotopic (exact) mass is 403 g/mol. The van der Waals surface area contributed by atoms with E-state index in [-0.39, 0.29) is 5.32 Å². The van der Waals surface area contributed by atoms with E-state index < -0.39 is 55.3 Å². The first-order valence-electron chi connectivity index (χ1n) is 6.04. The van der Waals surface area contributed by atoms with Gasteiger partial charge in [-0.3, -0.25) is 4.79 Å². The van der Waals surface area contributed by atoms with Gasteiger partial charge in [0.15, 0.2) is 0 Å². The molecular weight excluding hydrogens is 394 g/mol. The smallest absolute Gasteiger partial charge is 0.341 e. The molecule has 0 spiro atoms. The van der Waals surface area contributed by atoms with Crippen LogP contribution in [0.3, 0.4) is 0 Å². The zero-order valence-electron chi connectivity index (χ0n) is 11.8. The molecule has 0 fully saturated rings. The Morgan fingerprint density at radius 3 is 1.44 bits per heavy atom. The molecule has 0 saturated carbocycles. The number of carbonyl (C=O) groups is 1. The molecule has 0 radical (unpaired) electrons. The highest BCUT2D eigenvalue weighted by Crippen LogP contribution is 2.46. The molecule has 0 atom stereocenters. The van der Waals surface area contributed by atoms with E-state index in [4.69, 9.17) is 0 Å². The first-order chi connectivity index (χ1) is 10.8. The second-order valence-electron chi connectivity index (χ2n) is 4.53. The minimum atomic E-state index is -6.60. The Balaban J connectivity index is 6.14. The topological polar surface area (TPSA) is 38.3 Å². The molecule has 1 amide bonds. The number of rotatable bonds is 5. The maximum atomic E-state index is 12.8. The highest BCUT2D eigenvalue weighted by molar-refractivity contribution is 5.81. The Morgan fingerprint density at radius 1 is 0.840 bits per heavy atom. The van der Waals surface area contributed by atoms with Crippen LogP contribution in [0, 0.1) is 5.92 Å². The molecule has 0 aliphatic heterocycles. The van der Waals surface area contributed by atoms with Gasteiger partial charge in [-0.15, -0.1) is 0 Å². The Labute approximate surface area is 131 Å². The number of amides is 1. The minimum absolute atomic E-state index is 0.293. The number of hydrogen-bond acceptors (Lipinski definition) is 2. The summed E-state index contributed by atoms with van der Waals surface area (Å²) in [5.41, 5.74) is -5.73. The molecule has 0 rings (SSSR count). The fraction of sp³-hybridized carbons (Fsp3) is 0.900. The standard InChI is InChI=1S/C10H9F12NO2/c1-2-3-25-8(9(17,18)19,10(20,21)22)23-5(24)4(6(11,12)13)7(14,15)16/h4H,2-3H2,1H3,(H,23,24). The first-order valence-corrected chi connectivity index (χ1v) is 6.04. The number of alkyl halides is 12. The van der Waals surface area contributed by atoms with Crippen molar-refractivity contribution in [1.29, 1.82) is 0 Å². The van der Waals surface area contributed by atoms with Gasteiger partial charge in [-0.05, 0) is 6.42 Å². The van der Waals surface area contributed by atoms with Gasteiger partial charge in [0.25, 0.3) is 0 Å². The number of halogens is 12. The largest absolute Gasteiger partial charge is 0.446 e. The summed E-state index contributed by atoms with van der Waals surface area (Å²) in [6.07, 6.45) is -26.7. The van der Waals surface area contributed by atoms with Crippen LogP contribution in [0.15, 0.2) is 0 Å². The van der Waals surface area contributed by atoms with Crippen molar-refractivity contribution in [3.63, 3.8) is 0 Å². The third-order valence-electron chi connectivity index (χ3n) is 2.54. The van der Waals surface area contributed by atoms with Crippen molar-refractivity contribution >= 4 is 5.91 Å². The lowest BCUT2D eigenvalue weighted by Gasteiger charge is -2.38. The second kappa shape index (κ2) is 7.07. The van der Waals surface area contributed by atoms with Crippen molar-refractivity contribution < 1.29 is 62.2 Å². The summed E-state index contributed by atoms with van der Waals surface area (Å²) in [4.78, 5) is 11.1. The molecule has 0 bridgehead atoms. The number of hydrogen-bond donors (Lipinski definition) is 1. The number of ether oxygens (including phenoxy) is 1. The molecule has 1 N–H and O–H groups in total. The molecule has 25 heavy (non-hydrogen) atoms. The van der Waals surface area contributed by atoms with E-state index in [0.29, 0.717) is 0 Å². The normalized spacial score (nSPS) is 14.8. The summed E-state index contributed by atoms with van der Waals surface area (Å²) in [5, 5.41) is -0.293. The zero-order valence-corrected chi connectivity index (χ0v) is 11.8. The van der Waals surface area contributed by atoms with Crippen LogP contribution in [-0.2, 0) is 9.53 Å². The maximum Gasteiger partial charge on any atom is 0.446 e. The SMILES string of the molecule is CCCOC(NC(=O)C(C(F)(F)F)C(F)(F)F)(C(F)(F)F)C(F)(F)F. The van der Waals surface area contributed by atoms with Gasteiger partial charge in [-0.25, -0.2) is 0 Å². The third kappa shape index (κ3) is 5.28. The van der Waals surface area contributed by atoms with E-state index in [1.165, 1.54) is 0 Å². The number of nitrogens with one attached hydrogen (secondary N) is 1. The van der Waals surface area contributed by atoms with Crippen LogP contribution in [0.4, 0.5) is 52.7 Å². The molecule has 0 unspecified atom stereocenters. The van der Waals surface area contributed by atoms with Crippen molar-refractivity contribution in [2.45, 2.75) is 43.8 Å². The van der Waals surface area contributed by atoms with Gasteiger partial charge in [0, 0.05) is 6.61 Å². The summed E-state index contributed by atoms with van der Waals surface area (Å²) < 4.78 is 154. The zero-order chi connectivity index (χ0) is 20.5. The minimum Gasteiger partial charge on any atom is -0.341 e. The molecule has 0 heterocycles. The van der Waals surface area contributed by atoms with Crippen molar-refractivity contribution in [2.24, 2.45) is 5.92 Å². The maximum absolute atomic E-state index is 12.8. The number of carbonyl (C=O) groups excluding carboxylic acids is 1.